The summed E-state index contributed by atoms with van der Waals surface area (Å²) in [5.74, 6) is -1.28. The zero-order chi connectivity index (χ0) is 15.2. The molecule has 2 aromatic carbocycles. The molecular weight excluding hydrogens is 272 g/mol. The van der Waals surface area contributed by atoms with E-state index in [9.17, 15) is 8.78 Å². The van der Waals surface area contributed by atoms with Crippen LogP contribution >= 0.6 is 0 Å². The molecule has 21 heavy (non-hydrogen) atoms. The number of hydrogen-bond donors (Lipinski definition) is 1. The molecule has 0 amide bonds. The van der Waals surface area contributed by atoms with E-state index < -0.39 is 11.6 Å². The Morgan fingerprint density at radius 3 is 2.38 bits per heavy atom. The highest BCUT2D eigenvalue weighted by molar-refractivity contribution is 5.39. The highest BCUT2D eigenvalue weighted by Crippen LogP contribution is 2.30. The number of rotatable bonds is 6. The Kier molecular flexibility index (Phi) is 5.28. The second-order valence-corrected chi connectivity index (χ2v) is 4.93. The van der Waals surface area contributed by atoms with Gasteiger partial charge >= 0.3 is 0 Å². The second-order valence-electron chi connectivity index (χ2n) is 4.93. The van der Waals surface area contributed by atoms with Gasteiger partial charge in [0.05, 0.1) is 0 Å². The molecule has 0 fully saturated rings. The zero-order valence-corrected chi connectivity index (χ0v) is 12.2. The third-order valence-electron chi connectivity index (χ3n) is 3.12. The van der Waals surface area contributed by atoms with Crippen molar-refractivity contribution < 1.29 is 13.5 Å². The Hall–Kier alpha value is -1.94. The topological polar surface area (TPSA) is 21.3 Å². The SMILES string of the molecule is CCCNCc1cc(F)c(Oc2ccccc2C)c(F)c1. The van der Waals surface area contributed by atoms with E-state index in [1.807, 2.05) is 26.0 Å². The summed E-state index contributed by atoms with van der Waals surface area (Å²) in [6.07, 6.45) is 0.972. The molecular formula is C17H19F2NO. The van der Waals surface area contributed by atoms with Crippen LogP contribution in [0.1, 0.15) is 24.5 Å². The summed E-state index contributed by atoms with van der Waals surface area (Å²) in [7, 11) is 0. The van der Waals surface area contributed by atoms with Crippen LogP contribution in [0.3, 0.4) is 0 Å². The number of para-hydroxylation sites is 1. The monoisotopic (exact) mass is 291 g/mol. The van der Waals surface area contributed by atoms with Crippen molar-refractivity contribution in [2.45, 2.75) is 26.8 Å². The minimum Gasteiger partial charge on any atom is -0.451 e. The maximum absolute atomic E-state index is 14.0. The smallest absolute Gasteiger partial charge is 0.198 e. The Morgan fingerprint density at radius 1 is 1.10 bits per heavy atom. The Balaban J connectivity index is 2.19. The van der Waals surface area contributed by atoms with E-state index >= 15 is 0 Å². The van der Waals surface area contributed by atoms with Crippen LogP contribution in [0.5, 0.6) is 11.5 Å². The fourth-order valence-corrected chi connectivity index (χ4v) is 2.00. The maximum Gasteiger partial charge on any atom is 0.198 e. The molecule has 0 spiro atoms. The Morgan fingerprint density at radius 2 is 1.76 bits per heavy atom. The molecule has 2 nitrogen and oxygen atoms in total. The van der Waals surface area contributed by atoms with Crippen molar-refractivity contribution in [1.82, 2.24) is 5.32 Å². The lowest BCUT2D eigenvalue weighted by Crippen LogP contribution is -2.14. The molecule has 0 atom stereocenters. The molecule has 0 aliphatic heterocycles. The van der Waals surface area contributed by atoms with Crippen molar-refractivity contribution >= 4 is 0 Å². The predicted molar refractivity (Wildman–Crippen MR) is 79.6 cm³/mol. The van der Waals surface area contributed by atoms with Gasteiger partial charge in [0.2, 0.25) is 0 Å². The van der Waals surface area contributed by atoms with Crippen LogP contribution in [0.2, 0.25) is 0 Å². The first kappa shape index (κ1) is 15.4. The minimum absolute atomic E-state index is 0.358. The Bertz CT molecular complexity index is 590. The van der Waals surface area contributed by atoms with E-state index in [4.69, 9.17) is 4.74 Å². The number of nitrogens with one attached hydrogen (secondary N) is 1. The highest BCUT2D eigenvalue weighted by atomic mass is 19.1. The first-order valence-corrected chi connectivity index (χ1v) is 7.04. The molecule has 4 heteroatoms. The number of aryl methyl sites for hydroxylation is 1. The van der Waals surface area contributed by atoms with E-state index in [0.29, 0.717) is 17.9 Å². The summed E-state index contributed by atoms with van der Waals surface area (Å²) in [6, 6.07) is 9.73. The first-order chi connectivity index (χ1) is 10.1. The van der Waals surface area contributed by atoms with Crippen molar-refractivity contribution in [3.63, 3.8) is 0 Å². The summed E-state index contributed by atoms with van der Waals surface area (Å²) in [5, 5.41) is 3.11. The summed E-state index contributed by atoms with van der Waals surface area (Å²) in [5.41, 5.74) is 1.39. The fourth-order valence-electron chi connectivity index (χ4n) is 2.00. The predicted octanol–water partition coefficient (Wildman–Crippen LogP) is 4.57. The fraction of sp³-hybridized carbons (Fsp3) is 0.294. The van der Waals surface area contributed by atoms with Gasteiger partial charge in [0.1, 0.15) is 5.75 Å². The van der Waals surface area contributed by atoms with Crippen LogP contribution in [-0.4, -0.2) is 6.54 Å². The third-order valence-corrected chi connectivity index (χ3v) is 3.12. The zero-order valence-electron chi connectivity index (χ0n) is 12.2. The molecule has 0 saturated carbocycles. The lowest BCUT2D eigenvalue weighted by Gasteiger charge is -2.12. The molecule has 0 saturated heterocycles. The van der Waals surface area contributed by atoms with Gasteiger partial charge in [-0.1, -0.05) is 25.1 Å². The van der Waals surface area contributed by atoms with Gasteiger partial charge in [0.15, 0.2) is 17.4 Å². The van der Waals surface area contributed by atoms with Crippen molar-refractivity contribution in [3.8, 4) is 11.5 Å². The van der Waals surface area contributed by atoms with Gasteiger partial charge in [-0.2, -0.15) is 0 Å². The summed E-state index contributed by atoms with van der Waals surface area (Å²) in [4.78, 5) is 0. The molecule has 112 valence electrons. The van der Waals surface area contributed by atoms with Crippen LogP contribution in [0.15, 0.2) is 36.4 Å². The molecule has 0 bridgehead atoms. The minimum atomic E-state index is -0.688. The van der Waals surface area contributed by atoms with Crippen LogP contribution < -0.4 is 10.1 Å². The van der Waals surface area contributed by atoms with Crippen molar-refractivity contribution in [2.24, 2.45) is 0 Å². The second kappa shape index (κ2) is 7.18. The molecule has 1 N–H and O–H groups in total. The van der Waals surface area contributed by atoms with Gasteiger partial charge in [-0.05, 0) is 49.2 Å². The van der Waals surface area contributed by atoms with Crippen LogP contribution in [0, 0.1) is 18.6 Å². The lowest BCUT2D eigenvalue weighted by molar-refractivity contribution is 0.404. The summed E-state index contributed by atoms with van der Waals surface area (Å²) < 4.78 is 33.5. The number of halogens is 2. The first-order valence-electron chi connectivity index (χ1n) is 7.04. The highest BCUT2D eigenvalue weighted by Gasteiger charge is 2.14. The normalized spacial score (nSPS) is 10.7. The molecule has 0 aliphatic rings. The maximum atomic E-state index is 14.0. The largest absolute Gasteiger partial charge is 0.451 e. The molecule has 0 heterocycles. The average molecular weight is 291 g/mol. The van der Waals surface area contributed by atoms with Crippen molar-refractivity contribution in [1.29, 1.82) is 0 Å². The number of benzene rings is 2. The van der Waals surface area contributed by atoms with E-state index in [1.54, 1.807) is 12.1 Å². The molecule has 0 unspecified atom stereocenters. The number of hydrogen-bond acceptors (Lipinski definition) is 2. The van der Waals surface area contributed by atoms with Gasteiger partial charge in [0, 0.05) is 6.54 Å². The van der Waals surface area contributed by atoms with Crippen LogP contribution in [0.4, 0.5) is 8.78 Å². The van der Waals surface area contributed by atoms with Crippen LogP contribution in [-0.2, 0) is 6.54 Å². The van der Waals surface area contributed by atoms with Gasteiger partial charge in [-0.25, -0.2) is 8.78 Å². The average Bonchev–Trinajstić information content (AvgIpc) is 2.45. The van der Waals surface area contributed by atoms with E-state index in [1.165, 1.54) is 12.1 Å². The molecule has 2 aromatic rings. The van der Waals surface area contributed by atoms with Crippen LogP contribution in [0.25, 0.3) is 0 Å². The van der Waals surface area contributed by atoms with E-state index in [-0.39, 0.29) is 5.75 Å². The molecule has 0 aromatic heterocycles. The van der Waals surface area contributed by atoms with Gasteiger partial charge in [0.25, 0.3) is 0 Å². The lowest BCUT2D eigenvalue weighted by atomic mass is 10.2. The molecule has 0 aliphatic carbocycles. The quantitative estimate of drug-likeness (QED) is 0.787. The van der Waals surface area contributed by atoms with Gasteiger partial charge < -0.3 is 10.1 Å². The number of ether oxygens (including phenoxy) is 1. The van der Waals surface area contributed by atoms with Gasteiger partial charge in [-0.15, -0.1) is 0 Å². The third kappa shape index (κ3) is 4.02. The van der Waals surface area contributed by atoms with E-state index in [0.717, 1.165) is 18.5 Å². The van der Waals surface area contributed by atoms with E-state index in [2.05, 4.69) is 5.32 Å². The van der Waals surface area contributed by atoms with Crippen molar-refractivity contribution in [2.75, 3.05) is 6.54 Å². The summed E-state index contributed by atoms with van der Waals surface area (Å²) >= 11 is 0. The standard InChI is InChI=1S/C17H19F2NO/c1-3-8-20-11-13-9-14(18)17(15(19)10-13)21-16-7-5-4-6-12(16)2/h4-7,9-10,20H,3,8,11H2,1-2H3. The van der Waals surface area contributed by atoms with Gasteiger partial charge in [-0.3, -0.25) is 0 Å². The molecule has 2 rings (SSSR count). The summed E-state index contributed by atoms with van der Waals surface area (Å²) in [6.45, 7) is 5.11. The van der Waals surface area contributed by atoms with Crippen molar-refractivity contribution in [3.05, 3.63) is 59.2 Å². The Labute approximate surface area is 123 Å². The molecule has 0 radical (unpaired) electrons.